The number of imidazole rings is 1. The Morgan fingerprint density at radius 2 is 2.19 bits per heavy atom. The van der Waals surface area contributed by atoms with Gasteiger partial charge in [-0.15, -0.1) is 0 Å². The first-order chi connectivity index (χ1) is 10.2. The molecule has 3 rings (SSSR count). The van der Waals surface area contributed by atoms with Gasteiger partial charge in [0, 0.05) is 17.8 Å². The maximum Gasteiger partial charge on any atom is 0.230 e. The van der Waals surface area contributed by atoms with Gasteiger partial charge in [0.1, 0.15) is 12.1 Å². The van der Waals surface area contributed by atoms with Crippen LogP contribution in [0.1, 0.15) is 19.8 Å². The second-order valence-electron chi connectivity index (χ2n) is 5.64. The first-order valence-corrected chi connectivity index (χ1v) is 7.14. The van der Waals surface area contributed by atoms with Gasteiger partial charge in [0.2, 0.25) is 5.91 Å². The standard InChI is InChI=1S/C15H19N5O/c1-15(4-6-16-7-5-15)14(21)19-12-2-3-13(18-10-12)20-9-8-17-11-20/h2-3,8-11,16H,4-7H2,1H3,(H,19,21). The molecule has 1 aliphatic rings. The van der Waals surface area contributed by atoms with Gasteiger partial charge in [-0.2, -0.15) is 0 Å². The van der Waals surface area contributed by atoms with Crippen LogP contribution in [-0.2, 0) is 4.79 Å². The van der Waals surface area contributed by atoms with E-state index >= 15 is 0 Å². The minimum Gasteiger partial charge on any atom is -0.324 e. The van der Waals surface area contributed by atoms with Crippen LogP contribution < -0.4 is 10.6 Å². The van der Waals surface area contributed by atoms with Gasteiger partial charge >= 0.3 is 0 Å². The summed E-state index contributed by atoms with van der Waals surface area (Å²) in [7, 11) is 0. The molecule has 2 aromatic heterocycles. The lowest BCUT2D eigenvalue weighted by atomic mass is 9.80. The molecular weight excluding hydrogens is 266 g/mol. The van der Waals surface area contributed by atoms with Crippen LogP contribution in [0.3, 0.4) is 0 Å². The number of hydrogen-bond donors (Lipinski definition) is 2. The smallest absolute Gasteiger partial charge is 0.230 e. The van der Waals surface area contributed by atoms with Gasteiger partial charge in [-0.25, -0.2) is 9.97 Å². The lowest BCUT2D eigenvalue weighted by Crippen LogP contribution is -2.42. The first kappa shape index (κ1) is 13.8. The molecule has 1 saturated heterocycles. The van der Waals surface area contributed by atoms with E-state index in [1.165, 1.54) is 0 Å². The summed E-state index contributed by atoms with van der Waals surface area (Å²) in [6.07, 6.45) is 8.62. The molecule has 2 N–H and O–H groups in total. The van der Waals surface area contributed by atoms with Crippen molar-refractivity contribution in [1.29, 1.82) is 0 Å². The second kappa shape index (κ2) is 5.65. The van der Waals surface area contributed by atoms with Crippen molar-refractivity contribution >= 4 is 11.6 Å². The molecule has 0 aromatic carbocycles. The van der Waals surface area contributed by atoms with E-state index in [2.05, 4.69) is 20.6 Å². The molecule has 0 aliphatic carbocycles. The highest BCUT2D eigenvalue weighted by molar-refractivity contribution is 5.95. The van der Waals surface area contributed by atoms with Crippen molar-refractivity contribution < 1.29 is 4.79 Å². The fourth-order valence-electron chi connectivity index (χ4n) is 2.49. The van der Waals surface area contributed by atoms with E-state index in [-0.39, 0.29) is 11.3 Å². The lowest BCUT2D eigenvalue weighted by molar-refractivity contribution is -0.126. The molecule has 6 heteroatoms. The van der Waals surface area contributed by atoms with E-state index in [1.807, 2.05) is 29.8 Å². The SMILES string of the molecule is CC1(C(=O)Nc2ccc(-n3ccnc3)nc2)CCNCC1. The third-order valence-electron chi connectivity index (χ3n) is 4.03. The van der Waals surface area contributed by atoms with E-state index in [1.54, 1.807) is 18.7 Å². The molecule has 6 nitrogen and oxygen atoms in total. The van der Waals surface area contributed by atoms with E-state index in [0.29, 0.717) is 0 Å². The van der Waals surface area contributed by atoms with Crippen molar-refractivity contribution in [3.8, 4) is 5.82 Å². The maximum atomic E-state index is 12.4. The molecule has 110 valence electrons. The Hall–Kier alpha value is -2.21. The highest BCUT2D eigenvalue weighted by Crippen LogP contribution is 2.29. The summed E-state index contributed by atoms with van der Waals surface area (Å²) in [6.45, 7) is 3.81. The Bertz CT molecular complexity index is 600. The topological polar surface area (TPSA) is 71.8 Å². The number of aromatic nitrogens is 3. The van der Waals surface area contributed by atoms with E-state index in [9.17, 15) is 4.79 Å². The molecule has 0 atom stereocenters. The van der Waals surface area contributed by atoms with Crippen molar-refractivity contribution in [3.05, 3.63) is 37.1 Å². The first-order valence-electron chi connectivity index (χ1n) is 7.14. The van der Waals surface area contributed by atoms with Crippen LogP contribution in [0.15, 0.2) is 37.1 Å². The number of rotatable bonds is 3. The number of nitrogens with one attached hydrogen (secondary N) is 2. The number of hydrogen-bond acceptors (Lipinski definition) is 4. The maximum absolute atomic E-state index is 12.4. The number of pyridine rings is 1. The predicted molar refractivity (Wildman–Crippen MR) is 80.2 cm³/mol. The summed E-state index contributed by atoms with van der Waals surface area (Å²) in [5.74, 6) is 0.847. The van der Waals surface area contributed by atoms with Crippen molar-refractivity contribution in [2.45, 2.75) is 19.8 Å². The van der Waals surface area contributed by atoms with Crippen LogP contribution in [0, 0.1) is 5.41 Å². The van der Waals surface area contributed by atoms with E-state index < -0.39 is 0 Å². The normalized spacial score (nSPS) is 17.4. The molecule has 1 amide bonds. The summed E-state index contributed by atoms with van der Waals surface area (Å²) < 4.78 is 1.82. The summed E-state index contributed by atoms with van der Waals surface area (Å²) >= 11 is 0. The van der Waals surface area contributed by atoms with E-state index in [4.69, 9.17) is 0 Å². The zero-order valence-electron chi connectivity index (χ0n) is 12.0. The highest BCUT2D eigenvalue weighted by Gasteiger charge is 2.34. The fraction of sp³-hybridized carbons (Fsp3) is 0.400. The Balaban J connectivity index is 1.69. The van der Waals surface area contributed by atoms with Gasteiger partial charge in [0.05, 0.1) is 11.9 Å². The van der Waals surface area contributed by atoms with Crippen LogP contribution in [0.4, 0.5) is 5.69 Å². The van der Waals surface area contributed by atoms with Crippen LogP contribution in [0.5, 0.6) is 0 Å². The number of anilines is 1. The molecule has 2 aromatic rings. The van der Waals surface area contributed by atoms with Crippen molar-refractivity contribution in [1.82, 2.24) is 19.9 Å². The van der Waals surface area contributed by atoms with Gasteiger partial charge in [0.15, 0.2) is 0 Å². The molecule has 21 heavy (non-hydrogen) atoms. The van der Waals surface area contributed by atoms with Crippen LogP contribution in [0.25, 0.3) is 5.82 Å². The molecule has 1 aliphatic heterocycles. The number of piperidine rings is 1. The van der Waals surface area contributed by atoms with E-state index in [0.717, 1.165) is 37.4 Å². The monoisotopic (exact) mass is 285 g/mol. The third-order valence-corrected chi connectivity index (χ3v) is 4.03. The minimum absolute atomic E-state index is 0.0705. The Morgan fingerprint density at radius 1 is 1.38 bits per heavy atom. The highest BCUT2D eigenvalue weighted by atomic mass is 16.2. The number of carbonyl (C=O) groups is 1. The molecule has 0 bridgehead atoms. The fourth-order valence-corrected chi connectivity index (χ4v) is 2.49. The minimum atomic E-state index is -0.297. The van der Waals surface area contributed by atoms with Crippen LogP contribution in [-0.4, -0.2) is 33.5 Å². The molecule has 3 heterocycles. The predicted octanol–water partition coefficient (Wildman–Crippen LogP) is 1.60. The molecule has 0 saturated carbocycles. The summed E-state index contributed by atoms with van der Waals surface area (Å²) in [5, 5.41) is 6.25. The second-order valence-corrected chi connectivity index (χ2v) is 5.64. The van der Waals surface area contributed by atoms with Crippen molar-refractivity contribution in [2.24, 2.45) is 5.41 Å². The molecule has 0 radical (unpaired) electrons. The Labute approximate surface area is 123 Å². The Morgan fingerprint density at radius 3 is 2.81 bits per heavy atom. The summed E-state index contributed by atoms with van der Waals surface area (Å²) in [5.41, 5.74) is 0.428. The molecule has 0 spiro atoms. The van der Waals surface area contributed by atoms with Gasteiger partial charge in [0.25, 0.3) is 0 Å². The van der Waals surface area contributed by atoms with Crippen LogP contribution in [0.2, 0.25) is 0 Å². The van der Waals surface area contributed by atoms with Crippen molar-refractivity contribution in [3.63, 3.8) is 0 Å². The summed E-state index contributed by atoms with van der Waals surface area (Å²) in [4.78, 5) is 20.7. The molecule has 1 fully saturated rings. The van der Waals surface area contributed by atoms with Gasteiger partial charge in [-0.05, 0) is 38.1 Å². The van der Waals surface area contributed by atoms with Crippen molar-refractivity contribution in [2.75, 3.05) is 18.4 Å². The average molecular weight is 285 g/mol. The van der Waals surface area contributed by atoms with Gasteiger partial charge in [-0.1, -0.05) is 6.92 Å². The lowest BCUT2D eigenvalue weighted by Gasteiger charge is -2.32. The molecular formula is C15H19N5O. The number of nitrogens with zero attached hydrogens (tertiary/aromatic N) is 3. The average Bonchev–Trinajstić information content (AvgIpc) is 3.03. The largest absolute Gasteiger partial charge is 0.324 e. The third kappa shape index (κ3) is 2.95. The van der Waals surface area contributed by atoms with Gasteiger partial charge < -0.3 is 10.6 Å². The number of amides is 1. The number of carbonyl (C=O) groups excluding carboxylic acids is 1. The summed E-state index contributed by atoms with van der Waals surface area (Å²) in [6, 6.07) is 3.73. The van der Waals surface area contributed by atoms with Gasteiger partial charge in [-0.3, -0.25) is 9.36 Å². The Kier molecular flexibility index (Phi) is 3.70. The molecule has 0 unspecified atom stereocenters. The quantitative estimate of drug-likeness (QED) is 0.898. The van der Waals surface area contributed by atoms with Crippen LogP contribution >= 0.6 is 0 Å². The zero-order chi connectivity index (χ0) is 14.7. The zero-order valence-corrected chi connectivity index (χ0v) is 12.0.